The highest BCUT2D eigenvalue weighted by Gasteiger charge is 2.44. The van der Waals surface area contributed by atoms with Gasteiger partial charge in [-0.1, -0.05) is 0 Å². The van der Waals surface area contributed by atoms with E-state index in [9.17, 15) is 0 Å². The van der Waals surface area contributed by atoms with Crippen molar-refractivity contribution in [2.24, 2.45) is 11.1 Å². The van der Waals surface area contributed by atoms with Crippen LogP contribution < -0.4 is 5.73 Å². The summed E-state index contributed by atoms with van der Waals surface area (Å²) in [5.74, 6) is 0. The molecule has 0 aromatic heterocycles. The molecule has 0 saturated carbocycles. The van der Waals surface area contributed by atoms with E-state index in [-0.39, 0.29) is 0 Å². The van der Waals surface area contributed by atoms with E-state index in [4.69, 9.17) is 10.5 Å². The Morgan fingerprint density at radius 2 is 1.94 bits per heavy atom. The van der Waals surface area contributed by atoms with Gasteiger partial charge in [-0.15, -0.1) is 0 Å². The molecule has 104 valence electrons. The zero-order valence-corrected chi connectivity index (χ0v) is 11.4. The van der Waals surface area contributed by atoms with Crippen LogP contribution in [0.3, 0.4) is 0 Å². The van der Waals surface area contributed by atoms with Crippen LogP contribution >= 0.6 is 0 Å². The van der Waals surface area contributed by atoms with Gasteiger partial charge in [-0.2, -0.15) is 0 Å². The molecule has 3 aliphatic heterocycles. The van der Waals surface area contributed by atoms with E-state index in [0.717, 1.165) is 19.7 Å². The van der Waals surface area contributed by atoms with Crippen LogP contribution in [0.15, 0.2) is 0 Å². The number of hydrogen-bond donors (Lipinski definition) is 1. The summed E-state index contributed by atoms with van der Waals surface area (Å²) in [5.41, 5.74) is 6.25. The number of nitrogens with zero attached hydrogens (tertiary/aromatic N) is 2. The van der Waals surface area contributed by atoms with E-state index < -0.39 is 0 Å². The summed E-state index contributed by atoms with van der Waals surface area (Å²) in [5, 5.41) is 0. The second-order valence-electron chi connectivity index (χ2n) is 6.43. The van der Waals surface area contributed by atoms with Crippen LogP contribution in [0.2, 0.25) is 0 Å². The van der Waals surface area contributed by atoms with E-state index >= 15 is 0 Å². The van der Waals surface area contributed by atoms with Crippen molar-refractivity contribution in [2.45, 2.75) is 31.8 Å². The molecule has 0 bridgehead atoms. The third-order valence-corrected chi connectivity index (χ3v) is 4.97. The number of rotatable bonds is 4. The van der Waals surface area contributed by atoms with E-state index in [2.05, 4.69) is 9.80 Å². The predicted octanol–water partition coefficient (Wildman–Crippen LogP) is 0.522. The standard InChI is InChI=1S/C14H27N3O/c15-5-8-17-11-14(12-17)3-6-16(7-4-14)10-13-2-1-9-18-13/h13H,1-12,15H2. The first-order chi connectivity index (χ1) is 8.80. The van der Waals surface area contributed by atoms with Crippen LogP contribution in [0.25, 0.3) is 0 Å². The Hall–Kier alpha value is -0.160. The third kappa shape index (κ3) is 2.72. The second-order valence-corrected chi connectivity index (χ2v) is 6.43. The quantitative estimate of drug-likeness (QED) is 0.793. The average molecular weight is 253 g/mol. The predicted molar refractivity (Wildman–Crippen MR) is 72.6 cm³/mol. The highest BCUT2D eigenvalue weighted by atomic mass is 16.5. The lowest BCUT2D eigenvalue weighted by atomic mass is 9.72. The average Bonchev–Trinajstić information content (AvgIpc) is 2.83. The maximum absolute atomic E-state index is 5.73. The molecule has 3 fully saturated rings. The van der Waals surface area contributed by atoms with Crippen molar-refractivity contribution in [1.82, 2.24) is 9.80 Å². The lowest BCUT2D eigenvalue weighted by Crippen LogP contribution is -2.61. The summed E-state index contributed by atoms with van der Waals surface area (Å²) in [6.45, 7) is 9.17. The molecule has 1 unspecified atom stereocenters. The molecule has 18 heavy (non-hydrogen) atoms. The van der Waals surface area contributed by atoms with Gasteiger partial charge < -0.3 is 20.3 Å². The molecule has 4 nitrogen and oxygen atoms in total. The van der Waals surface area contributed by atoms with Crippen molar-refractivity contribution >= 4 is 0 Å². The number of ether oxygens (including phenoxy) is 1. The summed E-state index contributed by atoms with van der Waals surface area (Å²) in [4.78, 5) is 5.13. The van der Waals surface area contributed by atoms with Crippen LogP contribution in [0.5, 0.6) is 0 Å². The van der Waals surface area contributed by atoms with Crippen LogP contribution in [0, 0.1) is 5.41 Å². The summed E-state index contributed by atoms with van der Waals surface area (Å²) >= 11 is 0. The Balaban J connectivity index is 1.39. The highest BCUT2D eigenvalue weighted by Crippen LogP contribution is 2.40. The first kappa shape index (κ1) is 12.9. The minimum Gasteiger partial charge on any atom is -0.377 e. The lowest BCUT2D eigenvalue weighted by Gasteiger charge is -2.54. The molecule has 0 aliphatic carbocycles. The van der Waals surface area contributed by atoms with Crippen molar-refractivity contribution in [2.75, 3.05) is 52.4 Å². The van der Waals surface area contributed by atoms with Crippen molar-refractivity contribution in [3.63, 3.8) is 0 Å². The number of hydrogen-bond acceptors (Lipinski definition) is 4. The fraction of sp³-hybridized carbons (Fsp3) is 1.00. The number of nitrogens with two attached hydrogens (primary N) is 1. The van der Waals surface area contributed by atoms with Gasteiger partial charge in [-0.05, 0) is 44.2 Å². The van der Waals surface area contributed by atoms with Crippen LogP contribution in [-0.4, -0.2) is 68.3 Å². The molecule has 3 rings (SSSR count). The molecule has 3 aliphatic rings. The molecule has 0 radical (unpaired) electrons. The lowest BCUT2D eigenvalue weighted by molar-refractivity contribution is -0.0514. The van der Waals surface area contributed by atoms with E-state index in [1.54, 1.807) is 0 Å². The fourth-order valence-corrected chi connectivity index (χ4v) is 3.85. The van der Waals surface area contributed by atoms with E-state index in [1.807, 2.05) is 0 Å². The molecule has 1 spiro atoms. The Labute approximate surface area is 110 Å². The summed E-state index contributed by atoms with van der Waals surface area (Å²) in [6, 6.07) is 0. The maximum atomic E-state index is 5.73. The minimum atomic E-state index is 0.522. The fourth-order valence-electron chi connectivity index (χ4n) is 3.85. The molecule has 0 aromatic carbocycles. The summed E-state index contributed by atoms with van der Waals surface area (Å²) < 4.78 is 5.73. The van der Waals surface area contributed by atoms with Crippen molar-refractivity contribution < 1.29 is 4.74 Å². The van der Waals surface area contributed by atoms with Gasteiger partial charge in [0.25, 0.3) is 0 Å². The van der Waals surface area contributed by atoms with Gasteiger partial charge >= 0.3 is 0 Å². The zero-order chi connectivity index (χ0) is 12.4. The van der Waals surface area contributed by atoms with Gasteiger partial charge in [0.15, 0.2) is 0 Å². The molecule has 1 atom stereocenters. The molecule has 2 N–H and O–H groups in total. The second kappa shape index (κ2) is 5.45. The van der Waals surface area contributed by atoms with Gasteiger partial charge in [0.1, 0.15) is 0 Å². The number of likely N-dealkylation sites (tertiary alicyclic amines) is 2. The zero-order valence-electron chi connectivity index (χ0n) is 11.4. The van der Waals surface area contributed by atoms with Crippen LogP contribution in [0.4, 0.5) is 0 Å². The van der Waals surface area contributed by atoms with Crippen molar-refractivity contribution in [1.29, 1.82) is 0 Å². The SMILES string of the molecule is NCCN1CC2(CCN(CC3CCCO3)CC2)C1. The monoisotopic (exact) mass is 253 g/mol. The Kier molecular flexibility index (Phi) is 3.89. The Morgan fingerprint density at radius 1 is 1.17 bits per heavy atom. The van der Waals surface area contributed by atoms with Gasteiger partial charge in [-0.25, -0.2) is 0 Å². The summed E-state index contributed by atoms with van der Waals surface area (Å²) in [7, 11) is 0. The van der Waals surface area contributed by atoms with E-state index in [0.29, 0.717) is 11.5 Å². The van der Waals surface area contributed by atoms with Crippen LogP contribution in [-0.2, 0) is 4.74 Å². The topological polar surface area (TPSA) is 41.7 Å². The minimum absolute atomic E-state index is 0.522. The third-order valence-electron chi connectivity index (χ3n) is 4.97. The molecule has 4 heteroatoms. The largest absolute Gasteiger partial charge is 0.377 e. The van der Waals surface area contributed by atoms with Gasteiger partial charge in [0.2, 0.25) is 0 Å². The Morgan fingerprint density at radius 3 is 2.56 bits per heavy atom. The van der Waals surface area contributed by atoms with Crippen molar-refractivity contribution in [3.8, 4) is 0 Å². The molecule has 0 amide bonds. The molecule has 0 aromatic rings. The van der Waals surface area contributed by atoms with Gasteiger partial charge in [0, 0.05) is 39.3 Å². The smallest absolute Gasteiger partial charge is 0.0702 e. The van der Waals surface area contributed by atoms with Crippen molar-refractivity contribution in [3.05, 3.63) is 0 Å². The van der Waals surface area contributed by atoms with Gasteiger partial charge in [0.05, 0.1) is 6.10 Å². The Bertz CT molecular complexity index is 262. The molecule has 3 heterocycles. The molecule has 3 saturated heterocycles. The first-order valence-corrected chi connectivity index (χ1v) is 7.56. The van der Waals surface area contributed by atoms with Gasteiger partial charge in [-0.3, -0.25) is 0 Å². The molecular weight excluding hydrogens is 226 g/mol. The molecular formula is C14H27N3O. The normalized spacial score (nSPS) is 32.8. The number of piperidine rings is 1. The van der Waals surface area contributed by atoms with Crippen LogP contribution in [0.1, 0.15) is 25.7 Å². The summed E-state index contributed by atoms with van der Waals surface area (Å²) in [6.07, 6.45) is 5.80. The highest BCUT2D eigenvalue weighted by molar-refractivity contribution is 4.98. The first-order valence-electron chi connectivity index (χ1n) is 7.56. The van der Waals surface area contributed by atoms with E-state index in [1.165, 1.54) is 58.4 Å². The maximum Gasteiger partial charge on any atom is 0.0702 e.